The third-order valence-electron chi connectivity index (χ3n) is 3.92. The summed E-state index contributed by atoms with van der Waals surface area (Å²) in [5.74, 6) is 0.372. The fourth-order valence-corrected chi connectivity index (χ4v) is 3.19. The van der Waals surface area contributed by atoms with Crippen molar-refractivity contribution >= 4 is 0 Å². The highest BCUT2D eigenvalue weighted by Gasteiger charge is 2.41. The van der Waals surface area contributed by atoms with Crippen molar-refractivity contribution in [2.45, 2.75) is 25.7 Å². The maximum Gasteiger partial charge on any atom is 0.129 e. The van der Waals surface area contributed by atoms with Crippen LogP contribution in [0.5, 0.6) is 0 Å². The van der Waals surface area contributed by atoms with Gasteiger partial charge in [0.15, 0.2) is 0 Å². The normalized spacial score (nSPS) is 24.4. The van der Waals surface area contributed by atoms with Crippen LogP contribution in [0, 0.1) is 57.2 Å². The largest absolute Gasteiger partial charge is 0.192 e. The molecule has 2 rings (SSSR count). The Bertz CT molecular complexity index is 522. The average molecular weight is 234 g/mol. The van der Waals surface area contributed by atoms with Crippen molar-refractivity contribution in [3.8, 4) is 24.3 Å². The lowest BCUT2D eigenvalue weighted by atomic mass is 9.91. The predicted octanol–water partition coefficient (Wildman–Crippen LogP) is 2.49. The van der Waals surface area contributed by atoms with Crippen LogP contribution in [0.15, 0.2) is 22.3 Å². The second-order valence-electron chi connectivity index (χ2n) is 4.54. The number of fused-ring (bicyclic) bond motifs is 1. The molecule has 0 aromatic rings. The number of hydrogen-bond donors (Lipinski definition) is 0. The summed E-state index contributed by atoms with van der Waals surface area (Å²) >= 11 is 0. The quantitative estimate of drug-likeness (QED) is 0.601. The van der Waals surface area contributed by atoms with Gasteiger partial charge in [-0.2, -0.15) is 21.0 Å². The minimum atomic E-state index is 0.186. The monoisotopic (exact) mass is 234 g/mol. The maximum absolute atomic E-state index is 8.93. The van der Waals surface area contributed by atoms with E-state index in [0.29, 0.717) is 0 Å². The summed E-state index contributed by atoms with van der Waals surface area (Å²) in [6, 6.07) is 7.80. The third-order valence-corrected chi connectivity index (χ3v) is 3.92. The van der Waals surface area contributed by atoms with Gasteiger partial charge in [0.05, 0.1) is 0 Å². The van der Waals surface area contributed by atoms with Gasteiger partial charge in [0.1, 0.15) is 35.4 Å². The van der Waals surface area contributed by atoms with Crippen LogP contribution in [0.25, 0.3) is 0 Å². The van der Waals surface area contributed by atoms with Crippen molar-refractivity contribution in [2.75, 3.05) is 0 Å². The summed E-state index contributed by atoms with van der Waals surface area (Å²) in [5.41, 5.74) is 2.30. The molecule has 0 aromatic heterocycles. The molecule has 18 heavy (non-hydrogen) atoms. The van der Waals surface area contributed by atoms with Gasteiger partial charge in [0, 0.05) is 0 Å². The van der Waals surface area contributed by atoms with E-state index in [1.54, 1.807) is 0 Å². The van der Waals surface area contributed by atoms with E-state index in [2.05, 4.69) is 0 Å². The van der Waals surface area contributed by atoms with E-state index in [1.165, 1.54) is 0 Å². The SMILES string of the molecule is N#CC(C#N)=C1CC[C@@H]2C(=C(C#N)C#N)CC[C@H]12. The van der Waals surface area contributed by atoms with Gasteiger partial charge >= 0.3 is 0 Å². The van der Waals surface area contributed by atoms with Crippen LogP contribution < -0.4 is 0 Å². The van der Waals surface area contributed by atoms with E-state index in [0.717, 1.165) is 36.8 Å². The van der Waals surface area contributed by atoms with Crippen LogP contribution in [-0.2, 0) is 0 Å². The lowest BCUT2D eigenvalue weighted by molar-refractivity contribution is 0.542. The summed E-state index contributed by atoms with van der Waals surface area (Å²) in [6.07, 6.45) is 3.16. The van der Waals surface area contributed by atoms with E-state index >= 15 is 0 Å². The Hall–Kier alpha value is -2.56. The Kier molecular flexibility index (Phi) is 3.14. The Labute approximate surface area is 106 Å². The molecule has 0 unspecified atom stereocenters. The smallest absolute Gasteiger partial charge is 0.129 e. The van der Waals surface area contributed by atoms with Gasteiger partial charge in [-0.25, -0.2) is 0 Å². The molecule has 0 heterocycles. The standard InChI is InChI=1S/C14H10N4/c15-5-9(6-16)11-1-3-13-12(2-4-14(11)13)10(7-17)8-18/h13-14H,1-4H2/t13-,14-/m1/s1. The zero-order valence-electron chi connectivity index (χ0n) is 9.77. The molecule has 2 fully saturated rings. The molecule has 0 N–H and O–H groups in total. The number of nitrogens with zero attached hydrogens (tertiary/aromatic N) is 4. The van der Waals surface area contributed by atoms with E-state index < -0.39 is 0 Å². The van der Waals surface area contributed by atoms with Crippen molar-refractivity contribution in [3.63, 3.8) is 0 Å². The van der Waals surface area contributed by atoms with Gasteiger partial charge in [0.25, 0.3) is 0 Å². The zero-order chi connectivity index (χ0) is 13.1. The van der Waals surface area contributed by atoms with Crippen molar-refractivity contribution in [1.29, 1.82) is 21.0 Å². The van der Waals surface area contributed by atoms with Crippen LogP contribution >= 0.6 is 0 Å². The van der Waals surface area contributed by atoms with E-state index in [1.807, 2.05) is 24.3 Å². The van der Waals surface area contributed by atoms with E-state index in [9.17, 15) is 0 Å². The van der Waals surface area contributed by atoms with Gasteiger partial charge in [-0.1, -0.05) is 0 Å². The molecule has 2 atom stereocenters. The molecule has 86 valence electrons. The van der Waals surface area contributed by atoms with Crippen LogP contribution in [0.3, 0.4) is 0 Å². The Morgan fingerprint density at radius 2 is 1.06 bits per heavy atom. The predicted molar refractivity (Wildman–Crippen MR) is 62.0 cm³/mol. The van der Waals surface area contributed by atoms with Crippen molar-refractivity contribution < 1.29 is 0 Å². The number of hydrogen-bond acceptors (Lipinski definition) is 4. The van der Waals surface area contributed by atoms with Gasteiger partial charge in [-0.05, 0) is 48.7 Å². The highest BCUT2D eigenvalue weighted by molar-refractivity contribution is 5.48. The molecule has 2 aliphatic rings. The molecule has 0 aromatic carbocycles. The summed E-state index contributed by atoms with van der Waals surface area (Å²) in [7, 11) is 0. The Balaban J connectivity index is 2.42. The van der Waals surface area contributed by atoms with E-state index in [-0.39, 0.29) is 23.0 Å². The van der Waals surface area contributed by atoms with Gasteiger partial charge in [0.2, 0.25) is 0 Å². The molecule has 2 aliphatic carbocycles. The zero-order valence-corrected chi connectivity index (χ0v) is 9.77. The summed E-state index contributed by atoms with van der Waals surface area (Å²) in [4.78, 5) is 0. The Morgan fingerprint density at radius 3 is 1.33 bits per heavy atom. The number of allylic oxidation sites excluding steroid dienone is 4. The second kappa shape index (κ2) is 4.75. The van der Waals surface area contributed by atoms with Crippen molar-refractivity contribution in [2.24, 2.45) is 11.8 Å². The van der Waals surface area contributed by atoms with Crippen molar-refractivity contribution in [1.82, 2.24) is 0 Å². The first-order valence-electron chi connectivity index (χ1n) is 5.83. The van der Waals surface area contributed by atoms with Crippen LogP contribution in [0.4, 0.5) is 0 Å². The fraction of sp³-hybridized carbons (Fsp3) is 0.429. The molecule has 4 nitrogen and oxygen atoms in total. The molecule has 2 saturated carbocycles. The van der Waals surface area contributed by atoms with Gasteiger partial charge in [-0.15, -0.1) is 0 Å². The maximum atomic E-state index is 8.93. The molecule has 0 saturated heterocycles. The van der Waals surface area contributed by atoms with E-state index in [4.69, 9.17) is 21.0 Å². The third kappa shape index (κ3) is 1.66. The molecule has 0 bridgehead atoms. The molecule has 0 amide bonds. The fourth-order valence-electron chi connectivity index (χ4n) is 3.19. The number of nitriles is 4. The molecule has 4 heteroatoms. The van der Waals surface area contributed by atoms with Gasteiger partial charge < -0.3 is 0 Å². The molecular formula is C14H10N4. The lowest BCUT2D eigenvalue weighted by Gasteiger charge is -2.11. The molecule has 0 spiro atoms. The average Bonchev–Trinajstić information content (AvgIpc) is 2.96. The Morgan fingerprint density at radius 1 is 0.722 bits per heavy atom. The van der Waals surface area contributed by atoms with Crippen LogP contribution in [0.1, 0.15) is 25.7 Å². The molecule has 0 radical (unpaired) electrons. The highest BCUT2D eigenvalue weighted by Crippen LogP contribution is 2.51. The lowest BCUT2D eigenvalue weighted by Crippen LogP contribution is -2.04. The number of rotatable bonds is 0. The highest BCUT2D eigenvalue weighted by atomic mass is 14.5. The summed E-state index contributed by atoms with van der Waals surface area (Å²) in [6.45, 7) is 0. The first-order chi connectivity index (χ1) is 8.76. The van der Waals surface area contributed by atoms with Gasteiger partial charge in [-0.3, -0.25) is 0 Å². The van der Waals surface area contributed by atoms with Crippen LogP contribution in [-0.4, -0.2) is 0 Å². The molecule has 0 aliphatic heterocycles. The first-order valence-corrected chi connectivity index (χ1v) is 5.83. The topological polar surface area (TPSA) is 95.2 Å². The minimum Gasteiger partial charge on any atom is -0.192 e. The molecular weight excluding hydrogens is 224 g/mol. The minimum absolute atomic E-state index is 0.186. The summed E-state index contributed by atoms with van der Waals surface area (Å²) in [5, 5.41) is 35.7. The first kappa shape index (κ1) is 11.9. The summed E-state index contributed by atoms with van der Waals surface area (Å²) < 4.78 is 0. The van der Waals surface area contributed by atoms with Crippen molar-refractivity contribution in [3.05, 3.63) is 22.3 Å². The van der Waals surface area contributed by atoms with Crippen LogP contribution in [0.2, 0.25) is 0 Å². The second-order valence-corrected chi connectivity index (χ2v) is 4.54.